The normalized spacial score (nSPS) is 16.1. The Morgan fingerprint density at radius 1 is 0.891 bits per heavy atom. The molecule has 1 aromatic heterocycles. The lowest BCUT2D eigenvalue weighted by Crippen LogP contribution is -2.47. The van der Waals surface area contributed by atoms with Crippen molar-refractivity contribution in [3.8, 4) is 21.6 Å². The average molecular weight is 646 g/mol. The van der Waals surface area contributed by atoms with E-state index in [4.69, 9.17) is 0 Å². The lowest BCUT2D eigenvalue weighted by molar-refractivity contribution is -0.141. The van der Waals surface area contributed by atoms with Gasteiger partial charge in [-0.25, -0.2) is 0 Å². The summed E-state index contributed by atoms with van der Waals surface area (Å²) >= 11 is 1.63. The molecule has 46 heavy (non-hydrogen) atoms. The van der Waals surface area contributed by atoms with Crippen molar-refractivity contribution in [1.82, 2.24) is 15.5 Å². The maximum Gasteiger partial charge on any atom is 0.405 e. The molecule has 0 saturated carbocycles. The molecule has 6 rings (SSSR count). The molecule has 1 saturated heterocycles. The van der Waals surface area contributed by atoms with Crippen LogP contribution in [0.4, 0.5) is 13.2 Å². The minimum atomic E-state index is -4.49. The minimum Gasteiger partial charge on any atom is -0.349 e. The van der Waals surface area contributed by atoms with E-state index in [1.165, 1.54) is 0 Å². The average Bonchev–Trinajstić information content (AvgIpc) is 3.59. The number of benzene rings is 3. The molecule has 1 aliphatic heterocycles. The van der Waals surface area contributed by atoms with Crippen LogP contribution in [0.3, 0.4) is 0 Å². The molecular weight excluding hydrogens is 607 g/mol. The molecule has 1 aliphatic carbocycles. The number of amides is 2. The molecule has 0 radical (unpaired) electrons. The smallest absolute Gasteiger partial charge is 0.349 e. The van der Waals surface area contributed by atoms with Crippen molar-refractivity contribution in [3.05, 3.63) is 106 Å². The van der Waals surface area contributed by atoms with Crippen LogP contribution >= 0.6 is 11.3 Å². The Bertz CT molecular complexity index is 1650. The van der Waals surface area contributed by atoms with Crippen LogP contribution in [0.2, 0.25) is 0 Å². The van der Waals surface area contributed by atoms with E-state index in [1.807, 2.05) is 91.9 Å². The maximum atomic E-state index is 13.7. The zero-order chi connectivity index (χ0) is 32.3. The van der Waals surface area contributed by atoms with Crippen molar-refractivity contribution < 1.29 is 22.8 Å². The number of unbranched alkanes of at least 4 members (excludes halogenated alkanes) is 1. The molecule has 2 heterocycles. The highest BCUT2D eigenvalue weighted by Crippen LogP contribution is 2.51. The first-order valence-corrected chi connectivity index (χ1v) is 16.7. The predicted octanol–water partition coefficient (Wildman–Crippen LogP) is 7.73. The third kappa shape index (κ3) is 6.62. The Kier molecular flexibility index (Phi) is 9.34. The Labute approximate surface area is 271 Å². The van der Waals surface area contributed by atoms with Gasteiger partial charge < -0.3 is 15.5 Å². The summed E-state index contributed by atoms with van der Waals surface area (Å²) in [6.07, 6.45) is -0.892. The highest BCUT2D eigenvalue weighted by molar-refractivity contribution is 7.15. The molecule has 5 nitrogen and oxygen atoms in total. The van der Waals surface area contributed by atoms with Crippen LogP contribution in [0.5, 0.6) is 0 Å². The van der Waals surface area contributed by atoms with Gasteiger partial charge in [-0.3, -0.25) is 9.59 Å². The van der Waals surface area contributed by atoms with E-state index in [1.54, 1.807) is 11.3 Å². The summed E-state index contributed by atoms with van der Waals surface area (Å²) in [4.78, 5) is 31.5. The van der Waals surface area contributed by atoms with Crippen LogP contribution in [0, 0.1) is 6.92 Å². The second-order valence-corrected chi connectivity index (χ2v) is 13.6. The number of likely N-dealkylation sites (tertiary alicyclic amines) is 1. The molecule has 3 aromatic carbocycles. The number of carbonyl (C=O) groups excluding carboxylic acids is 2. The van der Waals surface area contributed by atoms with Crippen LogP contribution in [-0.2, 0) is 10.2 Å². The summed E-state index contributed by atoms with van der Waals surface area (Å²) in [5.41, 5.74) is 3.93. The maximum absolute atomic E-state index is 13.7. The van der Waals surface area contributed by atoms with Gasteiger partial charge in [0.15, 0.2) is 0 Å². The van der Waals surface area contributed by atoms with E-state index in [-0.39, 0.29) is 11.9 Å². The highest BCUT2D eigenvalue weighted by atomic mass is 32.1. The Balaban J connectivity index is 1.06. The number of carbonyl (C=O) groups is 2. The molecular formula is C37H38F3N3O2S. The number of hydrogen-bond donors (Lipinski definition) is 2. The molecule has 240 valence electrons. The number of fused-ring (bicyclic) bond motifs is 3. The van der Waals surface area contributed by atoms with Crippen LogP contribution < -0.4 is 10.6 Å². The van der Waals surface area contributed by atoms with Crippen molar-refractivity contribution in [2.45, 2.75) is 56.7 Å². The number of halogens is 3. The number of thiophene rings is 1. The summed E-state index contributed by atoms with van der Waals surface area (Å²) in [5.74, 6) is -0.636. The van der Waals surface area contributed by atoms with E-state index in [0.29, 0.717) is 12.8 Å². The van der Waals surface area contributed by atoms with Crippen molar-refractivity contribution in [2.24, 2.45) is 0 Å². The number of piperidine rings is 1. The zero-order valence-electron chi connectivity index (χ0n) is 25.8. The van der Waals surface area contributed by atoms with E-state index >= 15 is 0 Å². The van der Waals surface area contributed by atoms with Gasteiger partial charge in [-0.15, -0.1) is 11.3 Å². The first-order chi connectivity index (χ1) is 22.2. The Morgan fingerprint density at radius 3 is 2.13 bits per heavy atom. The quantitative estimate of drug-likeness (QED) is 0.174. The number of aryl methyl sites for hydroxylation is 1. The van der Waals surface area contributed by atoms with Crippen molar-refractivity contribution in [3.63, 3.8) is 0 Å². The summed E-state index contributed by atoms with van der Waals surface area (Å²) in [7, 11) is 0. The first-order valence-electron chi connectivity index (χ1n) is 15.9. The van der Waals surface area contributed by atoms with Crippen LogP contribution in [0.15, 0.2) is 84.9 Å². The SMILES string of the molecule is Cc1cc(C(=O)NC2CCN(CCCCC3(C(=O)NCC(F)(F)F)c4ccccc4-c4ccccc43)CC2)c(-c2ccccc2)s1. The van der Waals surface area contributed by atoms with Gasteiger partial charge in [-0.2, -0.15) is 13.2 Å². The molecule has 0 spiro atoms. The van der Waals surface area contributed by atoms with Crippen LogP contribution in [-0.4, -0.2) is 55.1 Å². The second kappa shape index (κ2) is 13.4. The third-order valence-corrected chi connectivity index (χ3v) is 10.3. The fraction of sp³-hybridized carbons (Fsp3) is 0.351. The largest absolute Gasteiger partial charge is 0.405 e. The minimum absolute atomic E-state index is 0.0344. The van der Waals surface area contributed by atoms with Gasteiger partial charge in [0.2, 0.25) is 5.91 Å². The standard InChI is InChI=1S/C37H38F3N3O2S/c1-25-23-30(33(46-25)26-11-3-2-4-12-26)34(44)42-27-17-21-43(22-18-27)20-10-9-19-36(35(45)41-24-37(38,39)40)31-15-7-5-13-28(31)29-14-6-8-16-32(29)36/h2-8,11-16,23,27H,9-10,17-22,24H2,1H3,(H,41,45)(H,42,44). The lowest BCUT2D eigenvalue weighted by atomic mass is 9.73. The number of nitrogens with one attached hydrogen (secondary N) is 2. The van der Waals surface area contributed by atoms with E-state index in [0.717, 1.165) is 82.0 Å². The molecule has 9 heteroatoms. The Hall–Kier alpha value is -3.95. The zero-order valence-corrected chi connectivity index (χ0v) is 26.6. The lowest BCUT2D eigenvalue weighted by Gasteiger charge is -2.33. The van der Waals surface area contributed by atoms with Crippen LogP contribution in [0.1, 0.15) is 58.5 Å². The molecule has 0 bridgehead atoms. The molecule has 2 aliphatic rings. The van der Waals surface area contributed by atoms with E-state index < -0.39 is 24.0 Å². The number of hydrogen-bond acceptors (Lipinski definition) is 4. The number of alkyl halides is 3. The summed E-state index contributed by atoms with van der Waals surface area (Å²) in [6.45, 7) is 3.19. The monoisotopic (exact) mass is 645 g/mol. The van der Waals surface area contributed by atoms with Crippen LogP contribution in [0.25, 0.3) is 21.6 Å². The number of nitrogens with zero attached hydrogens (tertiary/aromatic N) is 1. The van der Waals surface area contributed by atoms with Gasteiger partial charge in [0, 0.05) is 28.9 Å². The molecule has 2 amide bonds. The van der Waals surface area contributed by atoms with E-state index in [2.05, 4.69) is 15.5 Å². The van der Waals surface area contributed by atoms with Gasteiger partial charge in [0.1, 0.15) is 12.0 Å². The van der Waals surface area contributed by atoms with Crippen molar-refractivity contribution in [1.29, 1.82) is 0 Å². The topological polar surface area (TPSA) is 61.4 Å². The van der Waals surface area contributed by atoms with Gasteiger partial charge in [-0.05, 0) is 73.0 Å². The number of rotatable bonds is 10. The van der Waals surface area contributed by atoms with Crippen molar-refractivity contribution in [2.75, 3.05) is 26.2 Å². The fourth-order valence-electron chi connectivity index (χ4n) is 7.06. The predicted molar refractivity (Wildman–Crippen MR) is 177 cm³/mol. The molecule has 2 N–H and O–H groups in total. The fourth-order valence-corrected chi connectivity index (χ4v) is 8.07. The molecule has 0 unspecified atom stereocenters. The van der Waals surface area contributed by atoms with Gasteiger partial charge >= 0.3 is 6.18 Å². The molecule has 4 aromatic rings. The first kappa shape index (κ1) is 32.0. The van der Waals surface area contributed by atoms with Crippen molar-refractivity contribution >= 4 is 23.2 Å². The summed E-state index contributed by atoms with van der Waals surface area (Å²) in [6, 6.07) is 27.2. The van der Waals surface area contributed by atoms with Gasteiger partial charge in [-0.1, -0.05) is 85.3 Å². The second-order valence-electron chi connectivity index (χ2n) is 12.3. The van der Waals surface area contributed by atoms with E-state index in [9.17, 15) is 22.8 Å². The van der Waals surface area contributed by atoms with Gasteiger partial charge in [0.05, 0.1) is 5.56 Å². The van der Waals surface area contributed by atoms with Gasteiger partial charge in [0.25, 0.3) is 5.91 Å². The summed E-state index contributed by atoms with van der Waals surface area (Å²) in [5, 5.41) is 5.47. The molecule has 0 atom stereocenters. The molecule has 1 fully saturated rings. The Morgan fingerprint density at radius 2 is 1.50 bits per heavy atom. The highest BCUT2D eigenvalue weighted by Gasteiger charge is 2.49. The summed E-state index contributed by atoms with van der Waals surface area (Å²) < 4.78 is 39.5. The third-order valence-electron chi connectivity index (χ3n) is 9.24.